The minimum atomic E-state index is -1.31. The van der Waals surface area contributed by atoms with Crippen molar-refractivity contribution in [2.45, 2.75) is 39.2 Å². The largest absolute Gasteiger partial charge is 0.480 e. The quantitative estimate of drug-likeness (QED) is 0.870. The Morgan fingerprint density at radius 2 is 2.16 bits per heavy atom. The summed E-state index contributed by atoms with van der Waals surface area (Å²) in [5.41, 5.74) is -0.438. The maximum atomic E-state index is 12.1. The lowest BCUT2D eigenvalue weighted by molar-refractivity contribution is -0.144. The molecule has 0 fully saturated rings. The maximum Gasteiger partial charge on any atom is 0.329 e. The molecule has 1 atom stereocenters. The molecule has 0 aliphatic heterocycles. The predicted octanol–water partition coefficient (Wildman–Crippen LogP) is 2.42. The van der Waals surface area contributed by atoms with Gasteiger partial charge in [0, 0.05) is 11.9 Å². The summed E-state index contributed by atoms with van der Waals surface area (Å²) in [5, 5.41) is 12.0. The van der Waals surface area contributed by atoms with Crippen LogP contribution >= 0.6 is 11.6 Å². The summed E-state index contributed by atoms with van der Waals surface area (Å²) in [6.45, 7) is 5.09. The van der Waals surface area contributed by atoms with Crippen LogP contribution < -0.4 is 5.32 Å². The number of nitrogens with one attached hydrogen (secondary N) is 1. The van der Waals surface area contributed by atoms with Gasteiger partial charge in [0.15, 0.2) is 0 Å². The van der Waals surface area contributed by atoms with E-state index >= 15 is 0 Å². The number of carboxylic acids is 1. The second kappa shape index (κ2) is 6.02. The van der Waals surface area contributed by atoms with E-state index in [1.165, 1.54) is 13.1 Å². The number of hydrogen-bond donors (Lipinski definition) is 2. The highest BCUT2D eigenvalue weighted by Gasteiger charge is 2.34. The highest BCUT2D eigenvalue weighted by atomic mass is 35.5. The van der Waals surface area contributed by atoms with Crippen LogP contribution in [-0.4, -0.2) is 27.5 Å². The van der Waals surface area contributed by atoms with Crippen LogP contribution in [0, 0.1) is 6.92 Å². The number of carbonyl (C=O) groups is 2. The monoisotopic (exact) mass is 284 g/mol. The molecule has 0 saturated carbocycles. The molecule has 0 aliphatic carbocycles. The zero-order valence-corrected chi connectivity index (χ0v) is 11.9. The molecule has 0 saturated heterocycles. The fourth-order valence-corrected chi connectivity index (χ4v) is 2.03. The molecule has 0 bridgehead atoms. The number of nitrogens with zero attached hydrogens (tertiary/aromatic N) is 1. The molecular weight excluding hydrogens is 268 g/mol. The summed E-state index contributed by atoms with van der Waals surface area (Å²) >= 11 is 5.96. The van der Waals surface area contributed by atoms with E-state index in [-0.39, 0.29) is 10.6 Å². The lowest BCUT2D eigenvalue weighted by atomic mass is 9.96. The molecule has 0 aliphatic rings. The Bertz CT molecular complexity index is 505. The molecule has 1 rings (SSSR count). The van der Waals surface area contributed by atoms with Crippen LogP contribution in [0.2, 0.25) is 5.02 Å². The fraction of sp³-hybridized carbons (Fsp3) is 0.462. The number of rotatable bonds is 5. The number of aryl methyl sites for hydroxylation is 1. The highest BCUT2D eigenvalue weighted by molar-refractivity contribution is 6.33. The molecule has 1 aromatic rings. The number of aromatic nitrogens is 1. The van der Waals surface area contributed by atoms with E-state index in [2.05, 4.69) is 10.3 Å². The van der Waals surface area contributed by atoms with Crippen molar-refractivity contribution in [1.29, 1.82) is 0 Å². The highest BCUT2D eigenvalue weighted by Crippen LogP contribution is 2.18. The van der Waals surface area contributed by atoms with Gasteiger partial charge in [0.2, 0.25) is 0 Å². The van der Waals surface area contributed by atoms with Gasteiger partial charge in [-0.3, -0.25) is 9.78 Å². The van der Waals surface area contributed by atoms with Gasteiger partial charge >= 0.3 is 5.97 Å². The van der Waals surface area contributed by atoms with E-state index in [4.69, 9.17) is 11.6 Å². The summed E-state index contributed by atoms with van der Waals surface area (Å²) in [7, 11) is 0. The van der Waals surface area contributed by atoms with Crippen molar-refractivity contribution in [3.63, 3.8) is 0 Å². The van der Waals surface area contributed by atoms with Crippen molar-refractivity contribution in [2.24, 2.45) is 0 Å². The predicted molar refractivity (Wildman–Crippen MR) is 72.4 cm³/mol. The van der Waals surface area contributed by atoms with Gasteiger partial charge in [-0.2, -0.15) is 0 Å². The zero-order chi connectivity index (χ0) is 14.6. The van der Waals surface area contributed by atoms with Gasteiger partial charge in [-0.25, -0.2) is 4.79 Å². The molecule has 0 spiro atoms. The van der Waals surface area contributed by atoms with E-state index in [1.54, 1.807) is 13.0 Å². The van der Waals surface area contributed by atoms with E-state index in [0.717, 1.165) is 0 Å². The van der Waals surface area contributed by atoms with Crippen LogP contribution in [-0.2, 0) is 4.79 Å². The van der Waals surface area contributed by atoms with E-state index in [9.17, 15) is 14.7 Å². The summed E-state index contributed by atoms with van der Waals surface area (Å²) in [4.78, 5) is 27.3. The van der Waals surface area contributed by atoms with Crippen LogP contribution in [0.1, 0.15) is 42.7 Å². The lowest BCUT2D eigenvalue weighted by Gasteiger charge is -2.25. The number of halogens is 1. The van der Waals surface area contributed by atoms with Gasteiger partial charge in [0.25, 0.3) is 5.91 Å². The molecule has 0 radical (unpaired) electrons. The number of pyridine rings is 1. The van der Waals surface area contributed by atoms with Crippen molar-refractivity contribution in [1.82, 2.24) is 10.3 Å². The van der Waals surface area contributed by atoms with Gasteiger partial charge < -0.3 is 10.4 Å². The number of hydrogen-bond acceptors (Lipinski definition) is 3. The normalized spacial score (nSPS) is 13.7. The Morgan fingerprint density at radius 3 is 2.63 bits per heavy atom. The van der Waals surface area contributed by atoms with Gasteiger partial charge in [-0.05, 0) is 26.3 Å². The second-order valence-corrected chi connectivity index (χ2v) is 5.05. The molecule has 0 aromatic carbocycles. The fourth-order valence-electron chi connectivity index (χ4n) is 1.73. The van der Waals surface area contributed by atoms with E-state index in [0.29, 0.717) is 18.5 Å². The molecule has 6 heteroatoms. The molecule has 1 aromatic heterocycles. The second-order valence-electron chi connectivity index (χ2n) is 4.65. The first-order chi connectivity index (χ1) is 8.80. The molecule has 2 N–H and O–H groups in total. The van der Waals surface area contributed by atoms with Crippen LogP contribution in [0.25, 0.3) is 0 Å². The average molecular weight is 285 g/mol. The first kappa shape index (κ1) is 15.4. The molecular formula is C13H17ClN2O3. The van der Waals surface area contributed by atoms with E-state index < -0.39 is 17.4 Å². The summed E-state index contributed by atoms with van der Waals surface area (Å²) in [6, 6.07) is 1.56. The Hall–Kier alpha value is -1.62. The SMILES string of the molecule is CCCC(C)(NC(=O)c1cnc(C)cc1Cl)C(=O)O. The van der Waals surface area contributed by atoms with Gasteiger partial charge in [0.05, 0.1) is 10.6 Å². The minimum absolute atomic E-state index is 0.177. The molecule has 104 valence electrons. The topological polar surface area (TPSA) is 79.3 Å². The molecule has 1 heterocycles. The Kier molecular flexibility index (Phi) is 4.89. The summed E-state index contributed by atoms with van der Waals surface area (Å²) in [6.07, 6.45) is 2.33. The van der Waals surface area contributed by atoms with Crippen LogP contribution in [0.3, 0.4) is 0 Å². The maximum absolute atomic E-state index is 12.1. The summed E-state index contributed by atoms with van der Waals surface area (Å²) < 4.78 is 0. The van der Waals surface area contributed by atoms with Crippen molar-refractivity contribution in [3.8, 4) is 0 Å². The smallest absolute Gasteiger partial charge is 0.329 e. The van der Waals surface area contributed by atoms with Crippen molar-refractivity contribution in [2.75, 3.05) is 0 Å². The van der Waals surface area contributed by atoms with Gasteiger partial charge in [-0.15, -0.1) is 0 Å². The molecule has 19 heavy (non-hydrogen) atoms. The Labute approximate surface area is 117 Å². The van der Waals surface area contributed by atoms with Gasteiger partial charge in [-0.1, -0.05) is 24.9 Å². The van der Waals surface area contributed by atoms with Crippen LogP contribution in [0.5, 0.6) is 0 Å². The van der Waals surface area contributed by atoms with Crippen LogP contribution in [0.15, 0.2) is 12.3 Å². The Morgan fingerprint density at radius 1 is 1.53 bits per heavy atom. The Balaban J connectivity index is 2.97. The third-order valence-corrected chi connectivity index (χ3v) is 3.16. The third-order valence-electron chi connectivity index (χ3n) is 2.85. The zero-order valence-electron chi connectivity index (χ0n) is 11.2. The standard InChI is InChI=1S/C13H17ClN2O3/c1-4-5-13(3,12(18)19)16-11(17)9-7-15-8(2)6-10(9)14/h6-7H,4-5H2,1-3H3,(H,16,17)(H,18,19). The van der Waals surface area contributed by atoms with Crippen molar-refractivity contribution >= 4 is 23.5 Å². The van der Waals surface area contributed by atoms with Crippen molar-refractivity contribution < 1.29 is 14.7 Å². The molecule has 5 nitrogen and oxygen atoms in total. The third kappa shape index (κ3) is 3.67. The minimum Gasteiger partial charge on any atom is -0.480 e. The number of amides is 1. The van der Waals surface area contributed by atoms with Gasteiger partial charge in [0.1, 0.15) is 5.54 Å². The summed E-state index contributed by atoms with van der Waals surface area (Å²) in [5.74, 6) is -1.60. The number of carboxylic acid groups (broad SMARTS) is 1. The molecule has 1 unspecified atom stereocenters. The lowest BCUT2D eigenvalue weighted by Crippen LogP contribution is -2.52. The van der Waals surface area contributed by atoms with Crippen LogP contribution in [0.4, 0.5) is 0 Å². The number of aliphatic carboxylic acids is 1. The van der Waals surface area contributed by atoms with E-state index in [1.807, 2.05) is 6.92 Å². The van der Waals surface area contributed by atoms with Crippen molar-refractivity contribution in [3.05, 3.63) is 28.5 Å². The first-order valence-electron chi connectivity index (χ1n) is 5.98. The number of carbonyl (C=O) groups excluding carboxylic acids is 1. The average Bonchev–Trinajstić information content (AvgIpc) is 2.28. The molecule has 1 amide bonds. The first-order valence-corrected chi connectivity index (χ1v) is 6.36.